The number of hydrogen-bond acceptors (Lipinski definition) is 8. The third-order valence-electron chi connectivity index (χ3n) is 8.54. The Hall–Kier alpha value is -4.93. The van der Waals surface area contributed by atoms with E-state index >= 15 is 0 Å². The molecule has 4 aromatic carbocycles. The van der Waals surface area contributed by atoms with Gasteiger partial charge in [0.2, 0.25) is 9.84 Å². The Balaban J connectivity index is 1.82. The van der Waals surface area contributed by atoms with Crippen LogP contribution in [0.15, 0.2) is 133 Å². The molecule has 0 aliphatic heterocycles. The Morgan fingerprint density at radius 1 is 0.623 bits per heavy atom. The minimum absolute atomic E-state index is 0.167. The van der Waals surface area contributed by atoms with Crippen LogP contribution in [0.25, 0.3) is 0 Å². The van der Waals surface area contributed by atoms with Crippen LogP contribution in [0.1, 0.15) is 47.2 Å². The summed E-state index contributed by atoms with van der Waals surface area (Å²) in [6, 6.07) is 21.4. The van der Waals surface area contributed by atoms with Gasteiger partial charge in [-0.25, -0.2) is 8.42 Å². The SMILES string of the molecule is C=CCOCc1cc(C(C)(C)c2cc(COCC=C)c(OC)c(OCC=C)c2)cc(COCC=C)c1Oc1ccc(S(=O)(=O)c2ccc(C)cc2)cc1. The summed E-state index contributed by atoms with van der Waals surface area (Å²) < 4.78 is 62.9. The van der Waals surface area contributed by atoms with Crippen molar-refractivity contribution < 1.29 is 36.8 Å². The molecule has 0 radical (unpaired) electrons. The quantitative estimate of drug-likeness (QED) is 0.0582. The molecule has 0 amide bonds. The lowest BCUT2D eigenvalue weighted by Gasteiger charge is -2.30. The van der Waals surface area contributed by atoms with E-state index in [0.717, 1.165) is 33.4 Å². The number of benzene rings is 4. The molecule has 4 aromatic rings. The molecule has 4 rings (SSSR count). The van der Waals surface area contributed by atoms with E-state index in [1.165, 1.54) is 0 Å². The standard InChI is InChI=1S/C44H50O8S/c1-9-21-48-29-33-25-36(44(6,7)37-27-35(31-50-23-11-3)43(47-8)41(28-37)51-24-12-4)26-34(30-49-22-10-2)42(33)52-38-15-19-40(20-16-38)53(45,46)39-17-13-32(5)14-18-39/h9-20,25-28H,1-4,21-24,29-31H2,5-8H3. The Kier molecular flexibility index (Phi) is 14.8. The van der Waals surface area contributed by atoms with Crippen molar-refractivity contribution in [2.24, 2.45) is 0 Å². The van der Waals surface area contributed by atoms with Crippen molar-refractivity contribution in [1.82, 2.24) is 0 Å². The van der Waals surface area contributed by atoms with Gasteiger partial charge in [0.15, 0.2) is 11.5 Å². The van der Waals surface area contributed by atoms with Gasteiger partial charge in [-0.1, -0.05) is 62.4 Å². The summed E-state index contributed by atoms with van der Waals surface area (Å²) in [5, 5.41) is 0. The summed E-state index contributed by atoms with van der Waals surface area (Å²) in [7, 11) is -2.10. The van der Waals surface area contributed by atoms with Crippen LogP contribution in [0.3, 0.4) is 0 Å². The Morgan fingerprint density at radius 3 is 1.51 bits per heavy atom. The Morgan fingerprint density at radius 2 is 1.06 bits per heavy atom. The van der Waals surface area contributed by atoms with Crippen molar-refractivity contribution in [3.8, 4) is 23.0 Å². The first-order valence-electron chi connectivity index (χ1n) is 17.3. The maximum absolute atomic E-state index is 13.3. The lowest BCUT2D eigenvalue weighted by Crippen LogP contribution is -2.21. The van der Waals surface area contributed by atoms with Gasteiger partial charge in [-0.05, 0) is 78.7 Å². The van der Waals surface area contributed by atoms with Gasteiger partial charge in [-0.2, -0.15) is 0 Å². The first-order chi connectivity index (χ1) is 25.5. The number of rotatable bonds is 22. The van der Waals surface area contributed by atoms with Crippen molar-refractivity contribution in [3.63, 3.8) is 0 Å². The molecule has 8 nitrogen and oxygen atoms in total. The number of ether oxygens (including phenoxy) is 6. The molecule has 0 N–H and O–H groups in total. The fraction of sp³-hybridized carbons (Fsp3) is 0.273. The van der Waals surface area contributed by atoms with Gasteiger partial charge < -0.3 is 28.4 Å². The predicted octanol–water partition coefficient (Wildman–Crippen LogP) is 9.63. The smallest absolute Gasteiger partial charge is 0.206 e. The lowest BCUT2D eigenvalue weighted by atomic mass is 9.76. The van der Waals surface area contributed by atoms with E-state index < -0.39 is 15.3 Å². The Bertz CT molecular complexity index is 1940. The lowest BCUT2D eigenvalue weighted by molar-refractivity contribution is 0.140. The summed E-state index contributed by atoms with van der Waals surface area (Å²) in [6.45, 7) is 23.4. The molecular weight excluding hydrogens is 689 g/mol. The minimum Gasteiger partial charge on any atom is -0.492 e. The fourth-order valence-electron chi connectivity index (χ4n) is 5.66. The van der Waals surface area contributed by atoms with Crippen LogP contribution in [0.5, 0.6) is 23.0 Å². The van der Waals surface area contributed by atoms with Crippen molar-refractivity contribution in [2.75, 3.05) is 33.5 Å². The monoisotopic (exact) mass is 738 g/mol. The highest BCUT2D eigenvalue weighted by Gasteiger charge is 2.29. The zero-order valence-corrected chi connectivity index (χ0v) is 32.0. The molecule has 0 unspecified atom stereocenters. The van der Waals surface area contributed by atoms with Crippen LogP contribution in [0, 0.1) is 6.92 Å². The number of methoxy groups -OCH3 is 1. The van der Waals surface area contributed by atoms with Gasteiger partial charge in [0.1, 0.15) is 18.1 Å². The molecule has 0 saturated heterocycles. The molecule has 0 spiro atoms. The molecule has 0 fully saturated rings. The van der Waals surface area contributed by atoms with Gasteiger partial charge in [-0.15, -0.1) is 19.7 Å². The highest BCUT2D eigenvalue weighted by atomic mass is 32.2. The van der Waals surface area contributed by atoms with E-state index in [9.17, 15) is 8.42 Å². The van der Waals surface area contributed by atoms with E-state index in [4.69, 9.17) is 28.4 Å². The molecular formula is C44H50O8S. The summed E-state index contributed by atoms with van der Waals surface area (Å²) >= 11 is 0. The van der Waals surface area contributed by atoms with Gasteiger partial charge in [-0.3, -0.25) is 0 Å². The highest BCUT2D eigenvalue weighted by molar-refractivity contribution is 7.91. The van der Waals surface area contributed by atoms with E-state index in [1.807, 2.05) is 13.0 Å². The van der Waals surface area contributed by atoms with Crippen LogP contribution in [-0.4, -0.2) is 42.0 Å². The first-order valence-corrected chi connectivity index (χ1v) is 18.7. The average molecular weight is 739 g/mol. The van der Waals surface area contributed by atoms with E-state index in [-0.39, 0.29) is 23.0 Å². The van der Waals surface area contributed by atoms with E-state index in [2.05, 4.69) is 58.4 Å². The molecule has 0 saturated carbocycles. The fourth-order valence-corrected chi connectivity index (χ4v) is 6.92. The van der Waals surface area contributed by atoms with E-state index in [1.54, 1.807) is 79.9 Å². The van der Waals surface area contributed by atoms with Crippen molar-refractivity contribution in [1.29, 1.82) is 0 Å². The zero-order valence-electron chi connectivity index (χ0n) is 31.2. The third-order valence-corrected chi connectivity index (χ3v) is 10.3. The van der Waals surface area contributed by atoms with Crippen molar-refractivity contribution >= 4 is 9.84 Å². The second kappa shape index (κ2) is 19.2. The molecule has 53 heavy (non-hydrogen) atoms. The Labute approximate surface area is 314 Å². The van der Waals surface area contributed by atoms with Gasteiger partial charge >= 0.3 is 0 Å². The summed E-state index contributed by atoms with van der Waals surface area (Å²) in [6.07, 6.45) is 6.76. The van der Waals surface area contributed by atoms with Crippen LogP contribution >= 0.6 is 0 Å². The highest BCUT2D eigenvalue weighted by Crippen LogP contribution is 2.43. The summed E-state index contributed by atoms with van der Waals surface area (Å²) in [5.41, 5.74) is 4.72. The van der Waals surface area contributed by atoms with Crippen molar-refractivity contribution in [3.05, 3.63) is 157 Å². The molecule has 0 bridgehead atoms. The molecule has 0 aliphatic carbocycles. The van der Waals surface area contributed by atoms with Crippen LogP contribution in [0.4, 0.5) is 0 Å². The molecule has 0 aromatic heterocycles. The zero-order chi connectivity index (χ0) is 38.4. The molecule has 0 atom stereocenters. The number of aryl methyl sites for hydroxylation is 1. The van der Waals surface area contributed by atoms with Crippen LogP contribution in [-0.2, 0) is 49.3 Å². The van der Waals surface area contributed by atoms with Gasteiger partial charge in [0.25, 0.3) is 0 Å². The largest absolute Gasteiger partial charge is 0.492 e. The second-order valence-electron chi connectivity index (χ2n) is 12.8. The second-order valence-corrected chi connectivity index (χ2v) is 14.8. The third kappa shape index (κ3) is 10.4. The molecule has 9 heteroatoms. The maximum Gasteiger partial charge on any atom is 0.206 e. The average Bonchev–Trinajstić information content (AvgIpc) is 3.15. The molecule has 280 valence electrons. The number of hydrogen-bond donors (Lipinski definition) is 0. The van der Waals surface area contributed by atoms with Gasteiger partial charge in [0.05, 0.1) is 56.5 Å². The van der Waals surface area contributed by atoms with E-state index in [0.29, 0.717) is 56.0 Å². The van der Waals surface area contributed by atoms with Gasteiger partial charge in [0, 0.05) is 22.1 Å². The van der Waals surface area contributed by atoms with Crippen molar-refractivity contribution in [2.45, 2.75) is 55.8 Å². The molecule has 0 heterocycles. The first kappa shape index (κ1) is 40.8. The number of sulfone groups is 1. The predicted molar refractivity (Wildman–Crippen MR) is 210 cm³/mol. The maximum atomic E-state index is 13.3. The minimum atomic E-state index is -3.71. The normalized spacial score (nSPS) is 11.5. The summed E-state index contributed by atoms with van der Waals surface area (Å²) in [4.78, 5) is 0.394. The van der Waals surface area contributed by atoms with Crippen LogP contribution < -0.4 is 14.2 Å². The summed E-state index contributed by atoms with van der Waals surface area (Å²) in [5.74, 6) is 2.18. The topological polar surface area (TPSA) is 89.5 Å². The van der Waals surface area contributed by atoms with Crippen LogP contribution in [0.2, 0.25) is 0 Å². The molecule has 0 aliphatic rings.